The maximum absolute atomic E-state index is 9.35. The Hall–Kier alpha value is -0.730. The fraction of sp³-hybridized carbons (Fsp3) is 0.571. The van der Waals surface area contributed by atoms with Gasteiger partial charge >= 0.3 is 0 Å². The number of hydrogen-bond donors (Lipinski definition) is 2. The summed E-state index contributed by atoms with van der Waals surface area (Å²) in [5.41, 5.74) is 1.13. The van der Waals surface area contributed by atoms with Gasteiger partial charge in [0.25, 0.3) is 0 Å². The fourth-order valence-corrected chi connectivity index (χ4v) is 2.90. The maximum Gasteiger partial charge on any atom is 0.115 e. The second-order valence-electron chi connectivity index (χ2n) is 4.93. The highest BCUT2D eigenvalue weighted by molar-refractivity contribution is 6.20. The van der Waals surface area contributed by atoms with E-state index < -0.39 is 0 Å². The van der Waals surface area contributed by atoms with Gasteiger partial charge in [-0.1, -0.05) is 18.6 Å². The van der Waals surface area contributed by atoms with Crippen LogP contribution in [0.1, 0.15) is 31.2 Å². The Kier molecular flexibility index (Phi) is 4.69. The topological polar surface area (TPSA) is 32.3 Å². The fourth-order valence-electron chi connectivity index (χ4n) is 2.50. The molecule has 0 aromatic heterocycles. The van der Waals surface area contributed by atoms with Crippen molar-refractivity contribution in [1.29, 1.82) is 0 Å². The SMILES string of the molecule is Oc1cccc(CNCC2CCCC(Cl)C2)c1. The van der Waals surface area contributed by atoms with Crippen molar-refractivity contribution >= 4 is 11.6 Å². The zero-order chi connectivity index (χ0) is 12.1. The summed E-state index contributed by atoms with van der Waals surface area (Å²) in [5.74, 6) is 1.05. The molecule has 1 aromatic rings. The number of hydrogen-bond acceptors (Lipinski definition) is 2. The number of rotatable bonds is 4. The lowest BCUT2D eigenvalue weighted by molar-refractivity contribution is 0.346. The van der Waals surface area contributed by atoms with Gasteiger partial charge in [0, 0.05) is 11.9 Å². The zero-order valence-electron chi connectivity index (χ0n) is 10.0. The van der Waals surface area contributed by atoms with Crippen LogP contribution >= 0.6 is 11.6 Å². The predicted molar refractivity (Wildman–Crippen MR) is 71.4 cm³/mol. The molecule has 2 unspecified atom stereocenters. The third-order valence-electron chi connectivity index (χ3n) is 3.39. The van der Waals surface area contributed by atoms with Gasteiger partial charge in [-0.3, -0.25) is 0 Å². The average Bonchev–Trinajstić information content (AvgIpc) is 2.29. The molecule has 3 heteroatoms. The molecule has 2 N–H and O–H groups in total. The van der Waals surface area contributed by atoms with Crippen LogP contribution in [0.2, 0.25) is 0 Å². The summed E-state index contributed by atoms with van der Waals surface area (Å²) in [6.07, 6.45) is 4.85. The van der Waals surface area contributed by atoms with Crippen LogP contribution in [0, 0.1) is 5.92 Å². The zero-order valence-corrected chi connectivity index (χ0v) is 10.8. The summed E-state index contributed by atoms with van der Waals surface area (Å²) < 4.78 is 0. The van der Waals surface area contributed by atoms with Crippen molar-refractivity contribution in [3.63, 3.8) is 0 Å². The maximum atomic E-state index is 9.35. The minimum Gasteiger partial charge on any atom is -0.508 e. The first-order chi connectivity index (χ1) is 8.24. The van der Waals surface area contributed by atoms with E-state index in [9.17, 15) is 5.11 Å². The largest absolute Gasteiger partial charge is 0.508 e. The molecule has 1 aliphatic rings. The average molecular weight is 254 g/mol. The van der Waals surface area contributed by atoms with E-state index in [0.717, 1.165) is 25.1 Å². The van der Waals surface area contributed by atoms with E-state index >= 15 is 0 Å². The van der Waals surface area contributed by atoms with Gasteiger partial charge in [0.2, 0.25) is 0 Å². The molecule has 0 amide bonds. The van der Waals surface area contributed by atoms with Gasteiger partial charge < -0.3 is 10.4 Å². The van der Waals surface area contributed by atoms with Crippen LogP contribution in [0.5, 0.6) is 5.75 Å². The third-order valence-corrected chi connectivity index (χ3v) is 3.79. The lowest BCUT2D eigenvalue weighted by atomic mass is 9.89. The molecule has 0 radical (unpaired) electrons. The van der Waals surface area contributed by atoms with Gasteiger partial charge in [-0.2, -0.15) is 0 Å². The lowest BCUT2D eigenvalue weighted by Crippen LogP contribution is -2.27. The van der Waals surface area contributed by atoms with Crippen molar-refractivity contribution < 1.29 is 5.11 Å². The summed E-state index contributed by atoms with van der Waals surface area (Å²) in [6.45, 7) is 1.84. The van der Waals surface area contributed by atoms with E-state index in [0.29, 0.717) is 17.0 Å². The molecule has 0 spiro atoms. The van der Waals surface area contributed by atoms with Crippen LogP contribution in [0.3, 0.4) is 0 Å². The van der Waals surface area contributed by atoms with Gasteiger partial charge in [-0.25, -0.2) is 0 Å². The molecule has 1 aliphatic carbocycles. The first-order valence-corrected chi connectivity index (χ1v) is 6.80. The number of halogens is 1. The smallest absolute Gasteiger partial charge is 0.115 e. The van der Waals surface area contributed by atoms with Crippen molar-refractivity contribution in [2.75, 3.05) is 6.54 Å². The molecule has 0 heterocycles. The highest BCUT2D eigenvalue weighted by atomic mass is 35.5. The standard InChI is InChI=1S/C14H20ClNO/c15-13-5-1-3-11(7-13)9-16-10-12-4-2-6-14(17)8-12/h2,4,6,8,11,13,16-17H,1,3,5,7,9-10H2. The molecule has 1 fully saturated rings. The number of phenolic OH excluding ortho intramolecular Hbond substituents is 1. The number of nitrogens with one attached hydrogen (secondary N) is 1. The summed E-state index contributed by atoms with van der Waals surface area (Å²) in [7, 11) is 0. The van der Waals surface area contributed by atoms with Gasteiger partial charge in [0.05, 0.1) is 0 Å². The number of phenols is 1. The van der Waals surface area contributed by atoms with E-state index in [1.807, 2.05) is 12.1 Å². The molecule has 94 valence electrons. The molecule has 1 saturated carbocycles. The van der Waals surface area contributed by atoms with Gasteiger partial charge in [-0.05, 0) is 49.4 Å². The van der Waals surface area contributed by atoms with Crippen LogP contribution in [-0.2, 0) is 6.54 Å². The molecular weight excluding hydrogens is 234 g/mol. The molecular formula is C14H20ClNO. The Bertz CT molecular complexity index is 356. The van der Waals surface area contributed by atoms with Gasteiger partial charge in [-0.15, -0.1) is 11.6 Å². The first-order valence-electron chi connectivity index (χ1n) is 6.37. The Morgan fingerprint density at radius 3 is 3.00 bits per heavy atom. The van der Waals surface area contributed by atoms with E-state index in [-0.39, 0.29) is 0 Å². The molecule has 2 atom stereocenters. The Balaban J connectivity index is 1.72. The van der Waals surface area contributed by atoms with E-state index in [1.165, 1.54) is 19.3 Å². The highest BCUT2D eigenvalue weighted by Gasteiger charge is 2.19. The summed E-state index contributed by atoms with van der Waals surface area (Å²) in [4.78, 5) is 0. The summed E-state index contributed by atoms with van der Waals surface area (Å²) in [5, 5.41) is 13.2. The number of alkyl halides is 1. The number of aromatic hydroxyl groups is 1. The highest BCUT2D eigenvalue weighted by Crippen LogP contribution is 2.27. The Morgan fingerprint density at radius 1 is 1.35 bits per heavy atom. The second kappa shape index (κ2) is 6.27. The molecule has 0 aliphatic heterocycles. The van der Waals surface area contributed by atoms with Crippen molar-refractivity contribution in [2.24, 2.45) is 5.92 Å². The minimum absolute atomic E-state index is 0.336. The van der Waals surface area contributed by atoms with Crippen molar-refractivity contribution in [2.45, 2.75) is 37.6 Å². The number of benzene rings is 1. The van der Waals surface area contributed by atoms with Crippen molar-refractivity contribution in [3.05, 3.63) is 29.8 Å². The van der Waals surface area contributed by atoms with Crippen LogP contribution in [0.15, 0.2) is 24.3 Å². The van der Waals surface area contributed by atoms with Crippen LogP contribution in [0.4, 0.5) is 0 Å². The first kappa shape index (κ1) is 12.7. The summed E-state index contributed by atoms with van der Waals surface area (Å²) >= 11 is 6.17. The van der Waals surface area contributed by atoms with Crippen LogP contribution < -0.4 is 5.32 Å². The van der Waals surface area contributed by atoms with E-state index in [2.05, 4.69) is 5.32 Å². The molecule has 17 heavy (non-hydrogen) atoms. The van der Waals surface area contributed by atoms with Gasteiger partial charge in [0.1, 0.15) is 5.75 Å². The van der Waals surface area contributed by atoms with Crippen LogP contribution in [-0.4, -0.2) is 17.0 Å². The molecule has 1 aromatic carbocycles. The monoisotopic (exact) mass is 253 g/mol. The second-order valence-corrected chi connectivity index (χ2v) is 5.55. The van der Waals surface area contributed by atoms with Gasteiger partial charge in [0.15, 0.2) is 0 Å². The van der Waals surface area contributed by atoms with E-state index in [1.54, 1.807) is 12.1 Å². The molecule has 2 nitrogen and oxygen atoms in total. The molecule has 2 rings (SSSR count). The Labute approximate surface area is 108 Å². The normalized spacial score (nSPS) is 24.8. The third kappa shape index (κ3) is 4.21. The molecule has 0 bridgehead atoms. The quantitative estimate of drug-likeness (QED) is 0.808. The van der Waals surface area contributed by atoms with E-state index in [4.69, 9.17) is 11.6 Å². The lowest BCUT2D eigenvalue weighted by Gasteiger charge is -2.25. The summed E-state index contributed by atoms with van der Waals surface area (Å²) in [6, 6.07) is 7.40. The van der Waals surface area contributed by atoms with Crippen molar-refractivity contribution in [1.82, 2.24) is 5.32 Å². The van der Waals surface area contributed by atoms with Crippen molar-refractivity contribution in [3.8, 4) is 5.75 Å². The minimum atomic E-state index is 0.336. The van der Waals surface area contributed by atoms with Crippen LogP contribution in [0.25, 0.3) is 0 Å². The predicted octanol–water partition coefficient (Wildman–Crippen LogP) is 3.28. The Morgan fingerprint density at radius 2 is 2.24 bits per heavy atom. The molecule has 0 saturated heterocycles.